The van der Waals surface area contributed by atoms with E-state index in [4.69, 9.17) is 5.11 Å². The lowest BCUT2D eigenvalue weighted by Gasteiger charge is -2.16. The number of nitrogens with zero attached hydrogens (tertiary/aromatic N) is 1. The zero-order valence-electron chi connectivity index (χ0n) is 9.96. The largest absolute Gasteiger partial charge is 0.477 e. The standard InChI is InChI=1S/C13H11NO4S/c15-8-9-3-6-12(16)14(9)7-1-2-10-4-5-11(19-10)13(17)18/h4-5,8-9H,3,6-7H2,(H,17,18). The van der Waals surface area contributed by atoms with Crippen molar-refractivity contribution in [3.8, 4) is 11.8 Å². The zero-order valence-corrected chi connectivity index (χ0v) is 10.8. The van der Waals surface area contributed by atoms with Crippen molar-refractivity contribution in [1.29, 1.82) is 0 Å². The van der Waals surface area contributed by atoms with Gasteiger partial charge in [-0.1, -0.05) is 11.8 Å². The Morgan fingerprint density at radius 1 is 1.58 bits per heavy atom. The Hall–Kier alpha value is -2.13. The lowest BCUT2D eigenvalue weighted by Crippen LogP contribution is -2.34. The fourth-order valence-electron chi connectivity index (χ4n) is 1.83. The summed E-state index contributed by atoms with van der Waals surface area (Å²) in [4.78, 5) is 35.3. The van der Waals surface area contributed by atoms with E-state index in [1.807, 2.05) is 0 Å². The maximum absolute atomic E-state index is 11.5. The molecule has 1 aromatic rings. The number of carbonyl (C=O) groups is 3. The van der Waals surface area contributed by atoms with Gasteiger partial charge in [-0.2, -0.15) is 0 Å². The first kappa shape index (κ1) is 13.3. The van der Waals surface area contributed by atoms with Crippen LogP contribution in [0.25, 0.3) is 0 Å². The highest BCUT2D eigenvalue weighted by Gasteiger charge is 2.29. The SMILES string of the molecule is O=CC1CCC(=O)N1CC#Cc1ccc(C(=O)O)s1. The lowest BCUT2D eigenvalue weighted by molar-refractivity contribution is -0.130. The molecule has 1 atom stereocenters. The van der Waals surface area contributed by atoms with Crippen LogP contribution in [0.3, 0.4) is 0 Å². The van der Waals surface area contributed by atoms with Crippen molar-refractivity contribution in [1.82, 2.24) is 4.90 Å². The Balaban J connectivity index is 2.02. The third-order valence-corrected chi connectivity index (χ3v) is 3.80. The number of aromatic carboxylic acids is 1. The van der Waals surface area contributed by atoms with Gasteiger partial charge in [0.1, 0.15) is 11.2 Å². The molecule has 2 rings (SSSR count). The number of aldehydes is 1. The Kier molecular flexibility index (Phi) is 3.97. The first-order chi connectivity index (χ1) is 9.11. The summed E-state index contributed by atoms with van der Waals surface area (Å²) in [5, 5.41) is 8.77. The van der Waals surface area contributed by atoms with Gasteiger partial charge in [0.05, 0.1) is 17.5 Å². The van der Waals surface area contributed by atoms with Gasteiger partial charge in [0.25, 0.3) is 0 Å². The van der Waals surface area contributed by atoms with Crippen LogP contribution in [0.4, 0.5) is 0 Å². The van der Waals surface area contributed by atoms with Gasteiger partial charge in [-0.25, -0.2) is 4.79 Å². The Labute approximate surface area is 113 Å². The molecule has 1 aliphatic heterocycles. The number of rotatable bonds is 3. The van der Waals surface area contributed by atoms with Crippen LogP contribution < -0.4 is 0 Å². The highest BCUT2D eigenvalue weighted by atomic mass is 32.1. The number of carbonyl (C=O) groups excluding carboxylic acids is 2. The van der Waals surface area contributed by atoms with Crippen molar-refractivity contribution in [3.63, 3.8) is 0 Å². The molecule has 1 aromatic heterocycles. The fraction of sp³-hybridized carbons (Fsp3) is 0.308. The topological polar surface area (TPSA) is 74.7 Å². The van der Waals surface area contributed by atoms with Crippen LogP contribution in [0.5, 0.6) is 0 Å². The molecule has 0 aromatic carbocycles. The molecule has 6 heteroatoms. The van der Waals surface area contributed by atoms with Gasteiger partial charge in [0.15, 0.2) is 0 Å². The normalized spacial score (nSPS) is 18.0. The zero-order chi connectivity index (χ0) is 13.8. The third kappa shape index (κ3) is 3.01. The summed E-state index contributed by atoms with van der Waals surface area (Å²) in [5.41, 5.74) is 0. The first-order valence-corrected chi connectivity index (χ1v) is 6.50. The van der Waals surface area contributed by atoms with E-state index in [1.54, 1.807) is 6.07 Å². The van der Waals surface area contributed by atoms with Crippen molar-refractivity contribution >= 4 is 29.5 Å². The van der Waals surface area contributed by atoms with Crippen LogP contribution in [0.1, 0.15) is 27.4 Å². The highest BCUT2D eigenvalue weighted by molar-refractivity contribution is 7.14. The molecule has 1 saturated heterocycles. The minimum absolute atomic E-state index is 0.0659. The number of likely N-dealkylation sites (tertiary alicyclic amines) is 1. The second-order valence-corrected chi connectivity index (χ2v) is 5.12. The number of amides is 1. The predicted octanol–water partition coefficient (Wildman–Crippen LogP) is 0.988. The van der Waals surface area contributed by atoms with Crippen LogP contribution in [0.2, 0.25) is 0 Å². The average molecular weight is 277 g/mol. The van der Waals surface area contributed by atoms with E-state index in [-0.39, 0.29) is 23.4 Å². The van der Waals surface area contributed by atoms with E-state index in [0.717, 1.165) is 17.6 Å². The minimum atomic E-state index is -0.978. The maximum atomic E-state index is 11.5. The summed E-state index contributed by atoms with van der Waals surface area (Å²) in [6.45, 7) is 0.197. The summed E-state index contributed by atoms with van der Waals surface area (Å²) < 4.78 is 0. The third-order valence-electron chi connectivity index (χ3n) is 2.81. The van der Waals surface area contributed by atoms with E-state index in [9.17, 15) is 14.4 Å². The van der Waals surface area contributed by atoms with Crippen molar-refractivity contribution in [2.75, 3.05) is 6.54 Å². The Morgan fingerprint density at radius 3 is 3.00 bits per heavy atom. The molecule has 2 heterocycles. The van der Waals surface area contributed by atoms with Gasteiger partial charge in [-0.15, -0.1) is 11.3 Å². The van der Waals surface area contributed by atoms with E-state index >= 15 is 0 Å². The van der Waals surface area contributed by atoms with Crippen molar-refractivity contribution in [2.45, 2.75) is 18.9 Å². The maximum Gasteiger partial charge on any atom is 0.345 e. The molecule has 5 nitrogen and oxygen atoms in total. The second-order valence-electron chi connectivity index (χ2n) is 4.03. The van der Waals surface area contributed by atoms with E-state index in [0.29, 0.717) is 17.7 Å². The fourth-order valence-corrected chi connectivity index (χ4v) is 2.55. The van der Waals surface area contributed by atoms with Gasteiger partial charge in [-0.05, 0) is 18.6 Å². The number of thiophene rings is 1. The quantitative estimate of drug-likeness (QED) is 0.660. The smallest absolute Gasteiger partial charge is 0.345 e. The predicted molar refractivity (Wildman–Crippen MR) is 69.0 cm³/mol. The van der Waals surface area contributed by atoms with E-state index in [1.165, 1.54) is 11.0 Å². The molecular formula is C13H11NO4S. The molecule has 1 aliphatic rings. The summed E-state index contributed by atoms with van der Waals surface area (Å²) in [6.07, 6.45) is 1.69. The first-order valence-electron chi connectivity index (χ1n) is 5.68. The van der Waals surface area contributed by atoms with Gasteiger partial charge < -0.3 is 14.8 Å². The molecule has 19 heavy (non-hydrogen) atoms. The summed E-state index contributed by atoms with van der Waals surface area (Å²) in [6, 6.07) is 2.75. The minimum Gasteiger partial charge on any atom is -0.477 e. The number of hydrogen-bond acceptors (Lipinski definition) is 4. The van der Waals surface area contributed by atoms with Crippen LogP contribution >= 0.6 is 11.3 Å². The molecule has 1 fully saturated rings. The van der Waals surface area contributed by atoms with Crippen molar-refractivity contribution in [2.24, 2.45) is 0 Å². The second kappa shape index (κ2) is 5.67. The summed E-state index contributed by atoms with van der Waals surface area (Å²) in [7, 11) is 0. The molecule has 1 N–H and O–H groups in total. The van der Waals surface area contributed by atoms with Crippen LogP contribution in [0.15, 0.2) is 12.1 Å². The molecule has 0 spiro atoms. The molecule has 1 unspecified atom stereocenters. The number of carboxylic acid groups (broad SMARTS) is 1. The van der Waals surface area contributed by atoms with Gasteiger partial charge in [0, 0.05) is 6.42 Å². The van der Waals surface area contributed by atoms with Gasteiger partial charge >= 0.3 is 5.97 Å². The molecule has 0 bridgehead atoms. The van der Waals surface area contributed by atoms with E-state index in [2.05, 4.69) is 11.8 Å². The Bertz CT molecular complexity index is 581. The van der Waals surface area contributed by atoms with Crippen LogP contribution in [-0.2, 0) is 9.59 Å². The summed E-state index contributed by atoms with van der Waals surface area (Å²) >= 11 is 1.08. The number of hydrogen-bond donors (Lipinski definition) is 1. The molecule has 0 aliphatic carbocycles. The van der Waals surface area contributed by atoms with Crippen molar-refractivity contribution in [3.05, 3.63) is 21.9 Å². The van der Waals surface area contributed by atoms with Crippen LogP contribution in [-0.4, -0.2) is 40.8 Å². The average Bonchev–Trinajstić information content (AvgIpc) is 2.98. The molecule has 0 radical (unpaired) electrons. The monoisotopic (exact) mass is 277 g/mol. The van der Waals surface area contributed by atoms with E-state index < -0.39 is 5.97 Å². The molecular weight excluding hydrogens is 266 g/mol. The summed E-state index contributed by atoms with van der Waals surface area (Å²) in [5.74, 6) is 4.57. The number of carboxylic acids is 1. The molecule has 98 valence electrons. The van der Waals surface area contributed by atoms with Crippen LogP contribution in [0, 0.1) is 11.8 Å². The molecule has 0 saturated carbocycles. The lowest BCUT2D eigenvalue weighted by atomic mass is 10.2. The van der Waals surface area contributed by atoms with Crippen molar-refractivity contribution < 1.29 is 19.5 Å². The molecule has 1 amide bonds. The van der Waals surface area contributed by atoms with Gasteiger partial charge in [0.2, 0.25) is 5.91 Å². The Morgan fingerprint density at radius 2 is 2.37 bits per heavy atom. The highest BCUT2D eigenvalue weighted by Crippen LogP contribution is 2.17. The van der Waals surface area contributed by atoms with Gasteiger partial charge in [-0.3, -0.25) is 4.79 Å².